The second-order valence-electron chi connectivity index (χ2n) is 4.19. The van der Waals surface area contributed by atoms with E-state index in [9.17, 15) is 4.79 Å². The lowest BCUT2D eigenvalue weighted by Gasteiger charge is -2.14. The van der Waals surface area contributed by atoms with E-state index in [1.165, 1.54) is 0 Å². The van der Waals surface area contributed by atoms with Gasteiger partial charge in [-0.15, -0.1) is 0 Å². The number of nitrogens with zero attached hydrogens (tertiary/aromatic N) is 2. The highest BCUT2D eigenvalue weighted by Gasteiger charge is 2.21. The fourth-order valence-corrected chi connectivity index (χ4v) is 2.17. The van der Waals surface area contributed by atoms with E-state index in [0.29, 0.717) is 10.6 Å². The number of hydrogen-bond acceptors (Lipinski definition) is 2. The molecule has 1 saturated heterocycles. The molecule has 0 aliphatic carbocycles. The van der Waals surface area contributed by atoms with E-state index < -0.39 is 0 Å². The first-order valence-corrected chi connectivity index (χ1v) is 6.26. The van der Waals surface area contributed by atoms with Crippen molar-refractivity contribution in [2.45, 2.75) is 12.8 Å². The van der Waals surface area contributed by atoms with Gasteiger partial charge in [0.15, 0.2) is 0 Å². The van der Waals surface area contributed by atoms with E-state index in [1.807, 2.05) is 18.2 Å². The van der Waals surface area contributed by atoms with Crippen molar-refractivity contribution in [3.63, 3.8) is 0 Å². The Balaban J connectivity index is 2.26. The molecule has 2 rings (SSSR count). The summed E-state index contributed by atoms with van der Waals surface area (Å²) in [7, 11) is 0. The van der Waals surface area contributed by atoms with Crippen LogP contribution in [0.1, 0.15) is 18.4 Å². The molecule has 1 aliphatic rings. The number of nitriles is 1. The number of amides is 1. The highest BCUT2D eigenvalue weighted by Crippen LogP contribution is 2.19. The lowest BCUT2D eigenvalue weighted by atomic mass is 10.1. The molecule has 0 radical (unpaired) electrons. The predicted octanol–water partition coefficient (Wildman–Crippen LogP) is 2.87. The van der Waals surface area contributed by atoms with Gasteiger partial charge in [0, 0.05) is 18.1 Å². The van der Waals surface area contributed by atoms with Gasteiger partial charge in [-0.25, -0.2) is 0 Å². The number of halogens is 1. The lowest BCUT2D eigenvalue weighted by molar-refractivity contribution is -0.125. The van der Waals surface area contributed by atoms with E-state index in [1.54, 1.807) is 23.1 Å². The Kier molecular flexibility index (Phi) is 4.01. The van der Waals surface area contributed by atoms with Gasteiger partial charge in [-0.3, -0.25) is 4.79 Å². The van der Waals surface area contributed by atoms with Gasteiger partial charge < -0.3 is 4.90 Å². The largest absolute Gasteiger partial charge is 0.338 e. The van der Waals surface area contributed by atoms with Gasteiger partial charge in [0.2, 0.25) is 0 Å². The molecule has 1 fully saturated rings. The monoisotopic (exact) mass is 260 g/mol. The third-order valence-corrected chi connectivity index (χ3v) is 3.29. The molecule has 3 nitrogen and oxygen atoms in total. The first kappa shape index (κ1) is 12.7. The molecule has 0 N–H and O–H groups in total. The van der Waals surface area contributed by atoms with Crippen LogP contribution < -0.4 is 0 Å². The van der Waals surface area contributed by atoms with Crippen LogP contribution in [-0.2, 0) is 4.79 Å². The average Bonchev–Trinajstić information content (AvgIpc) is 2.91. The molecule has 0 saturated carbocycles. The van der Waals surface area contributed by atoms with E-state index in [4.69, 9.17) is 16.9 Å². The fourth-order valence-electron chi connectivity index (χ4n) is 1.98. The Labute approximate surface area is 111 Å². The van der Waals surface area contributed by atoms with Crippen molar-refractivity contribution < 1.29 is 4.79 Å². The molecule has 1 aromatic rings. The minimum absolute atomic E-state index is 0.144. The standard InChI is InChI=1S/C14H13ClN2O/c15-13-6-2-1-5-11(13)9-12(10-16)14(18)17-7-3-4-8-17/h1-2,5-6,9H,3-4,7-8H2/b12-9+. The third kappa shape index (κ3) is 2.72. The van der Waals surface area contributed by atoms with Crippen LogP contribution >= 0.6 is 11.6 Å². The van der Waals surface area contributed by atoms with Crippen molar-refractivity contribution in [3.8, 4) is 6.07 Å². The van der Waals surface area contributed by atoms with Crippen molar-refractivity contribution in [2.75, 3.05) is 13.1 Å². The molecule has 1 heterocycles. The van der Waals surface area contributed by atoms with E-state index >= 15 is 0 Å². The molecule has 0 spiro atoms. The molecule has 92 valence electrons. The van der Waals surface area contributed by atoms with Gasteiger partial charge in [-0.1, -0.05) is 29.8 Å². The molecule has 0 atom stereocenters. The van der Waals surface area contributed by atoms with Crippen LogP contribution in [-0.4, -0.2) is 23.9 Å². The summed E-state index contributed by atoms with van der Waals surface area (Å²) in [6.07, 6.45) is 3.58. The second kappa shape index (κ2) is 5.70. The van der Waals surface area contributed by atoms with Gasteiger partial charge in [-0.2, -0.15) is 5.26 Å². The quantitative estimate of drug-likeness (QED) is 0.606. The molecule has 18 heavy (non-hydrogen) atoms. The molecule has 0 aromatic heterocycles. The summed E-state index contributed by atoms with van der Waals surface area (Å²) in [6.45, 7) is 1.47. The van der Waals surface area contributed by atoms with Gasteiger partial charge in [0.25, 0.3) is 5.91 Å². The first-order valence-electron chi connectivity index (χ1n) is 5.88. The van der Waals surface area contributed by atoms with Crippen molar-refractivity contribution in [3.05, 3.63) is 40.4 Å². The molecule has 1 aromatic carbocycles. The highest BCUT2D eigenvalue weighted by atomic mass is 35.5. The van der Waals surface area contributed by atoms with Crippen LogP contribution in [0, 0.1) is 11.3 Å². The van der Waals surface area contributed by atoms with Crippen molar-refractivity contribution >= 4 is 23.6 Å². The normalized spacial score (nSPS) is 15.6. The molecule has 1 aliphatic heterocycles. The molecule has 0 unspecified atom stereocenters. The Bertz CT molecular complexity index is 525. The number of carbonyl (C=O) groups is 1. The minimum Gasteiger partial charge on any atom is -0.338 e. The summed E-state index contributed by atoms with van der Waals surface area (Å²) >= 11 is 6.01. The number of benzene rings is 1. The van der Waals surface area contributed by atoms with Crippen molar-refractivity contribution in [1.29, 1.82) is 5.26 Å². The van der Waals surface area contributed by atoms with Crippen LogP contribution in [0.4, 0.5) is 0 Å². The summed E-state index contributed by atoms with van der Waals surface area (Å²) < 4.78 is 0. The van der Waals surface area contributed by atoms with E-state index in [2.05, 4.69) is 0 Å². The minimum atomic E-state index is -0.199. The van der Waals surface area contributed by atoms with Crippen molar-refractivity contribution in [2.24, 2.45) is 0 Å². The maximum Gasteiger partial charge on any atom is 0.264 e. The summed E-state index contributed by atoms with van der Waals surface area (Å²) in [5, 5.41) is 9.64. The second-order valence-corrected chi connectivity index (χ2v) is 4.60. The SMILES string of the molecule is N#C/C(=C\c1ccccc1Cl)C(=O)N1CCCC1. The zero-order chi connectivity index (χ0) is 13.0. The Morgan fingerprint density at radius 1 is 1.33 bits per heavy atom. The van der Waals surface area contributed by atoms with Gasteiger partial charge in [-0.05, 0) is 30.5 Å². The first-order chi connectivity index (χ1) is 8.72. The number of carbonyl (C=O) groups excluding carboxylic acids is 1. The van der Waals surface area contributed by atoms with Gasteiger partial charge in [0.05, 0.1) is 0 Å². The lowest BCUT2D eigenvalue weighted by Crippen LogP contribution is -2.28. The summed E-state index contributed by atoms with van der Waals surface area (Å²) in [5.74, 6) is -0.199. The maximum atomic E-state index is 12.1. The van der Waals surface area contributed by atoms with Crippen molar-refractivity contribution in [1.82, 2.24) is 4.90 Å². The molecule has 0 bridgehead atoms. The Morgan fingerprint density at radius 2 is 2.00 bits per heavy atom. The summed E-state index contributed by atoms with van der Waals surface area (Å²) in [6, 6.07) is 9.13. The zero-order valence-electron chi connectivity index (χ0n) is 9.90. The van der Waals surface area contributed by atoms with Gasteiger partial charge >= 0.3 is 0 Å². The number of rotatable bonds is 2. The van der Waals surface area contributed by atoms with Gasteiger partial charge in [0.1, 0.15) is 11.6 Å². The predicted molar refractivity (Wildman–Crippen MR) is 70.9 cm³/mol. The maximum absolute atomic E-state index is 12.1. The number of likely N-dealkylation sites (tertiary alicyclic amines) is 1. The molecule has 4 heteroatoms. The van der Waals surface area contributed by atoms with Crippen LogP contribution in [0.3, 0.4) is 0 Å². The van der Waals surface area contributed by atoms with Crippen LogP contribution in [0.2, 0.25) is 5.02 Å². The highest BCUT2D eigenvalue weighted by molar-refractivity contribution is 6.32. The Hall–Kier alpha value is -1.79. The van der Waals surface area contributed by atoms with E-state index in [-0.39, 0.29) is 11.5 Å². The van der Waals surface area contributed by atoms with Crippen LogP contribution in [0.25, 0.3) is 6.08 Å². The number of hydrogen-bond donors (Lipinski definition) is 0. The molecular weight excluding hydrogens is 248 g/mol. The third-order valence-electron chi connectivity index (χ3n) is 2.95. The summed E-state index contributed by atoms with van der Waals surface area (Å²) in [5.41, 5.74) is 0.841. The fraction of sp³-hybridized carbons (Fsp3) is 0.286. The molecule has 1 amide bonds. The van der Waals surface area contributed by atoms with E-state index in [0.717, 1.165) is 25.9 Å². The zero-order valence-corrected chi connectivity index (χ0v) is 10.7. The Morgan fingerprint density at radius 3 is 2.61 bits per heavy atom. The van der Waals surface area contributed by atoms with Crippen LogP contribution in [0.5, 0.6) is 0 Å². The molecular formula is C14H13ClN2O. The average molecular weight is 261 g/mol. The summed E-state index contributed by atoms with van der Waals surface area (Å²) in [4.78, 5) is 13.8. The topological polar surface area (TPSA) is 44.1 Å². The smallest absolute Gasteiger partial charge is 0.264 e. The van der Waals surface area contributed by atoms with Crippen LogP contribution in [0.15, 0.2) is 29.8 Å².